The number of rotatable bonds is 2. The molecular weight excluding hydrogens is 216 g/mol. The number of aromatic hydroxyl groups is 1. The van der Waals surface area contributed by atoms with Gasteiger partial charge in [-0.3, -0.25) is 0 Å². The minimum Gasteiger partial charge on any atom is -0.507 e. The van der Waals surface area contributed by atoms with Crippen LogP contribution in [0.2, 0.25) is 0 Å². The smallest absolute Gasteiger partial charge is 0.261 e. The summed E-state index contributed by atoms with van der Waals surface area (Å²) in [4.78, 5) is 4.36. The molecule has 1 N–H and O–H groups in total. The molecule has 0 aliphatic heterocycles. The Hall–Kier alpha value is -1.84. The van der Waals surface area contributed by atoms with Gasteiger partial charge in [0.25, 0.3) is 5.89 Å². The second-order valence-electron chi connectivity index (χ2n) is 5.22. The number of phenols is 1. The van der Waals surface area contributed by atoms with E-state index >= 15 is 0 Å². The molecule has 1 unspecified atom stereocenters. The summed E-state index contributed by atoms with van der Waals surface area (Å²) in [5.41, 5.74) is 0.865. The third kappa shape index (κ3) is 1.69. The number of hydrogen-bond acceptors (Lipinski definition) is 4. The fraction of sp³-hybridized carbons (Fsp3) is 0.385. The predicted molar refractivity (Wildman–Crippen MR) is 62.5 cm³/mol. The molecule has 1 aliphatic carbocycles. The molecule has 17 heavy (non-hydrogen) atoms. The van der Waals surface area contributed by atoms with Crippen LogP contribution in [0.1, 0.15) is 32.0 Å². The molecule has 4 nitrogen and oxygen atoms in total. The van der Waals surface area contributed by atoms with Crippen LogP contribution in [0.3, 0.4) is 0 Å². The normalized spacial score (nSPS) is 21.4. The van der Waals surface area contributed by atoms with Crippen LogP contribution in [0.15, 0.2) is 28.8 Å². The molecule has 1 aliphatic rings. The molecule has 1 aromatic carbocycles. The topological polar surface area (TPSA) is 59.2 Å². The first-order chi connectivity index (χ1) is 8.08. The fourth-order valence-corrected chi connectivity index (χ4v) is 2.05. The van der Waals surface area contributed by atoms with E-state index in [1.165, 1.54) is 0 Å². The van der Waals surface area contributed by atoms with Gasteiger partial charge >= 0.3 is 0 Å². The van der Waals surface area contributed by atoms with Crippen LogP contribution in [0.4, 0.5) is 0 Å². The van der Waals surface area contributed by atoms with Gasteiger partial charge in [-0.05, 0) is 24.0 Å². The van der Waals surface area contributed by atoms with E-state index in [0.717, 1.165) is 12.2 Å². The van der Waals surface area contributed by atoms with E-state index in [1.807, 2.05) is 6.07 Å². The molecule has 1 atom stereocenters. The Morgan fingerprint density at radius 3 is 2.71 bits per heavy atom. The van der Waals surface area contributed by atoms with Gasteiger partial charge in [0.2, 0.25) is 0 Å². The number of nitrogens with zero attached hydrogens (tertiary/aromatic N) is 2. The molecule has 3 rings (SSSR count). The maximum absolute atomic E-state index is 9.70. The molecule has 1 heterocycles. The van der Waals surface area contributed by atoms with Crippen molar-refractivity contribution >= 4 is 0 Å². The second kappa shape index (κ2) is 3.32. The Morgan fingerprint density at radius 2 is 2.06 bits per heavy atom. The van der Waals surface area contributed by atoms with Gasteiger partial charge in [-0.25, -0.2) is 0 Å². The van der Waals surface area contributed by atoms with Crippen molar-refractivity contribution in [2.45, 2.75) is 26.2 Å². The van der Waals surface area contributed by atoms with Crippen LogP contribution in [0.25, 0.3) is 11.5 Å². The van der Waals surface area contributed by atoms with Crippen molar-refractivity contribution in [2.75, 3.05) is 0 Å². The molecule has 1 aromatic heterocycles. The molecule has 0 radical (unpaired) electrons. The molecule has 0 spiro atoms. The third-order valence-electron chi connectivity index (χ3n) is 3.40. The van der Waals surface area contributed by atoms with E-state index in [4.69, 9.17) is 4.52 Å². The van der Waals surface area contributed by atoms with Crippen molar-refractivity contribution in [1.29, 1.82) is 0 Å². The number of benzene rings is 1. The van der Waals surface area contributed by atoms with Gasteiger partial charge < -0.3 is 9.63 Å². The van der Waals surface area contributed by atoms with Crippen molar-refractivity contribution in [1.82, 2.24) is 10.1 Å². The minimum absolute atomic E-state index is 0.165. The Morgan fingerprint density at radius 1 is 1.35 bits per heavy atom. The summed E-state index contributed by atoms with van der Waals surface area (Å²) in [6, 6.07) is 6.98. The molecule has 88 valence electrons. The van der Waals surface area contributed by atoms with Crippen LogP contribution in [-0.2, 0) is 0 Å². The van der Waals surface area contributed by atoms with Gasteiger partial charge in [0.05, 0.1) is 5.56 Å². The van der Waals surface area contributed by atoms with E-state index in [0.29, 0.717) is 17.4 Å². The maximum Gasteiger partial charge on any atom is 0.261 e. The van der Waals surface area contributed by atoms with Gasteiger partial charge in [-0.2, -0.15) is 4.98 Å². The van der Waals surface area contributed by atoms with Crippen molar-refractivity contribution < 1.29 is 9.63 Å². The van der Waals surface area contributed by atoms with E-state index in [2.05, 4.69) is 24.0 Å². The quantitative estimate of drug-likeness (QED) is 0.861. The lowest BCUT2D eigenvalue weighted by molar-refractivity contribution is 0.414. The molecular formula is C13H14N2O2. The summed E-state index contributed by atoms with van der Waals surface area (Å²) >= 11 is 0. The van der Waals surface area contributed by atoms with E-state index in [-0.39, 0.29) is 11.2 Å². The van der Waals surface area contributed by atoms with Gasteiger partial charge in [-0.1, -0.05) is 31.1 Å². The Balaban J connectivity index is 1.94. The fourth-order valence-electron chi connectivity index (χ4n) is 2.05. The highest BCUT2D eigenvalue weighted by Crippen LogP contribution is 2.57. The highest BCUT2D eigenvalue weighted by atomic mass is 16.5. The Labute approximate surface area is 99.3 Å². The van der Waals surface area contributed by atoms with Crippen LogP contribution in [0, 0.1) is 5.41 Å². The summed E-state index contributed by atoms with van der Waals surface area (Å²) < 4.78 is 5.21. The van der Waals surface area contributed by atoms with Crippen molar-refractivity contribution in [2.24, 2.45) is 5.41 Å². The van der Waals surface area contributed by atoms with E-state index < -0.39 is 0 Å². The van der Waals surface area contributed by atoms with E-state index in [1.54, 1.807) is 18.2 Å². The second-order valence-corrected chi connectivity index (χ2v) is 5.22. The summed E-state index contributed by atoms with van der Waals surface area (Å²) in [6.45, 7) is 4.38. The van der Waals surface area contributed by atoms with Gasteiger partial charge in [0.15, 0.2) is 5.82 Å². The lowest BCUT2D eigenvalue weighted by Gasteiger charge is -1.97. The zero-order valence-corrected chi connectivity index (χ0v) is 9.84. The highest BCUT2D eigenvalue weighted by molar-refractivity contribution is 5.61. The van der Waals surface area contributed by atoms with Crippen LogP contribution in [-0.4, -0.2) is 15.2 Å². The maximum atomic E-state index is 9.70. The minimum atomic E-state index is 0.165. The number of hydrogen-bond donors (Lipinski definition) is 1. The average molecular weight is 230 g/mol. The Kier molecular flexibility index (Phi) is 2.02. The molecule has 0 bridgehead atoms. The summed E-state index contributed by atoms with van der Waals surface area (Å²) in [7, 11) is 0. The third-order valence-corrected chi connectivity index (χ3v) is 3.40. The molecule has 1 fully saturated rings. The lowest BCUT2D eigenvalue weighted by atomic mass is 10.1. The number of aromatic nitrogens is 2. The standard InChI is InChI=1S/C13H14N2O2/c1-13(2)7-9(13)11-14-12(17-15-11)8-5-3-4-6-10(8)16/h3-6,9,16H,7H2,1-2H3. The zero-order valence-electron chi connectivity index (χ0n) is 9.84. The van der Waals surface area contributed by atoms with Crippen molar-refractivity contribution in [3.8, 4) is 17.2 Å². The first-order valence-corrected chi connectivity index (χ1v) is 5.70. The molecule has 0 saturated heterocycles. The van der Waals surface area contributed by atoms with Crippen molar-refractivity contribution in [3.63, 3.8) is 0 Å². The first kappa shape index (κ1) is 10.3. The number of para-hydroxylation sites is 1. The number of phenolic OH excluding ortho intramolecular Hbond substituents is 1. The van der Waals surface area contributed by atoms with Crippen LogP contribution in [0.5, 0.6) is 5.75 Å². The lowest BCUT2D eigenvalue weighted by Crippen LogP contribution is -1.91. The summed E-state index contributed by atoms with van der Waals surface area (Å²) in [5.74, 6) is 1.68. The van der Waals surface area contributed by atoms with Gasteiger partial charge in [0, 0.05) is 5.92 Å². The van der Waals surface area contributed by atoms with Crippen LogP contribution < -0.4 is 0 Å². The van der Waals surface area contributed by atoms with Gasteiger partial charge in [-0.15, -0.1) is 0 Å². The largest absolute Gasteiger partial charge is 0.507 e. The molecule has 4 heteroatoms. The highest BCUT2D eigenvalue weighted by Gasteiger charge is 2.49. The van der Waals surface area contributed by atoms with Crippen molar-refractivity contribution in [3.05, 3.63) is 30.1 Å². The Bertz CT molecular complexity index is 560. The molecule has 2 aromatic rings. The first-order valence-electron chi connectivity index (χ1n) is 5.70. The zero-order chi connectivity index (χ0) is 12.0. The van der Waals surface area contributed by atoms with Gasteiger partial charge in [0.1, 0.15) is 5.75 Å². The molecule has 1 saturated carbocycles. The van der Waals surface area contributed by atoms with E-state index in [9.17, 15) is 5.11 Å². The summed E-state index contributed by atoms with van der Waals surface area (Å²) in [6.07, 6.45) is 1.09. The predicted octanol–water partition coefficient (Wildman–Crippen LogP) is 2.96. The SMILES string of the molecule is CC1(C)CC1c1noc(-c2ccccc2O)n1. The monoisotopic (exact) mass is 230 g/mol. The molecule has 0 amide bonds. The summed E-state index contributed by atoms with van der Waals surface area (Å²) in [5, 5.41) is 13.7. The average Bonchev–Trinajstić information content (AvgIpc) is 2.76. The van der Waals surface area contributed by atoms with Crippen LogP contribution >= 0.6 is 0 Å².